The molecule has 2 aromatic rings. The molecule has 1 aliphatic carbocycles. The number of nitrogens with zero attached hydrogens (tertiary/aromatic N) is 3. The van der Waals surface area contributed by atoms with Crippen LogP contribution in [0.2, 0.25) is 0 Å². The highest BCUT2D eigenvalue weighted by molar-refractivity contribution is 5.94. The van der Waals surface area contributed by atoms with Crippen molar-refractivity contribution < 1.29 is 19.1 Å². The zero-order valence-electron chi connectivity index (χ0n) is 16.9. The summed E-state index contributed by atoms with van der Waals surface area (Å²) in [5.41, 5.74) is 0.657. The van der Waals surface area contributed by atoms with Gasteiger partial charge in [-0.15, -0.1) is 4.68 Å². The first kappa shape index (κ1) is 19.8. The Morgan fingerprint density at radius 1 is 1.31 bits per heavy atom. The third-order valence-electron chi connectivity index (χ3n) is 5.87. The largest absolute Gasteiger partial charge is 0.370 e. The number of rotatable bonds is 7. The molecule has 1 fully saturated rings. The Labute approximate surface area is 172 Å². The van der Waals surface area contributed by atoms with E-state index in [1.54, 1.807) is 6.20 Å². The second-order valence-electron chi connectivity index (χ2n) is 7.93. The van der Waals surface area contributed by atoms with Gasteiger partial charge in [0.1, 0.15) is 19.3 Å². The molecular formula is C22H31N5O2+2. The number of aromatic nitrogens is 3. The number of amides is 1. The summed E-state index contributed by atoms with van der Waals surface area (Å²) in [6.45, 7) is 6.26. The van der Waals surface area contributed by atoms with Gasteiger partial charge in [0, 0.05) is 18.8 Å². The molecule has 2 aliphatic rings. The van der Waals surface area contributed by atoms with Gasteiger partial charge >= 0.3 is 5.82 Å². The first-order valence-electron chi connectivity index (χ1n) is 10.7. The predicted octanol–water partition coefficient (Wildman–Crippen LogP) is 0.400. The normalized spacial score (nSPS) is 19.9. The lowest BCUT2D eigenvalue weighted by atomic mass is 9.93. The Bertz CT molecular complexity index is 797. The van der Waals surface area contributed by atoms with Gasteiger partial charge in [-0.05, 0) is 42.3 Å². The molecule has 0 radical (unpaired) electrons. The lowest BCUT2D eigenvalue weighted by molar-refractivity contribution is -0.907. The van der Waals surface area contributed by atoms with Crippen LogP contribution in [-0.2, 0) is 4.74 Å². The van der Waals surface area contributed by atoms with Crippen LogP contribution >= 0.6 is 0 Å². The molecule has 4 rings (SSSR count). The molecule has 7 nitrogen and oxygen atoms in total. The second-order valence-corrected chi connectivity index (χ2v) is 7.93. The number of morpholine rings is 1. The Hall–Kier alpha value is -2.51. The lowest BCUT2D eigenvalue weighted by Crippen LogP contribution is -3.14. The number of carbonyl (C=O) groups excluding carboxylic acids is 1. The van der Waals surface area contributed by atoms with Crippen LogP contribution in [0, 0.1) is 5.92 Å². The van der Waals surface area contributed by atoms with Crippen molar-refractivity contribution in [3.05, 3.63) is 54.5 Å². The summed E-state index contributed by atoms with van der Waals surface area (Å²) in [6, 6.07) is 5.68. The van der Waals surface area contributed by atoms with E-state index in [1.165, 1.54) is 4.90 Å². The van der Waals surface area contributed by atoms with Crippen LogP contribution in [0.25, 0.3) is 5.82 Å². The average molecular weight is 398 g/mol. The molecule has 2 N–H and O–H groups in total. The van der Waals surface area contributed by atoms with E-state index in [9.17, 15) is 4.79 Å². The van der Waals surface area contributed by atoms with Crippen LogP contribution < -0.4 is 9.58 Å². The van der Waals surface area contributed by atoms with Crippen LogP contribution in [0.15, 0.2) is 48.9 Å². The van der Waals surface area contributed by atoms with Gasteiger partial charge in [-0.2, -0.15) is 0 Å². The van der Waals surface area contributed by atoms with Crippen LogP contribution in [0.4, 0.5) is 0 Å². The molecule has 0 spiro atoms. The lowest BCUT2D eigenvalue weighted by Gasteiger charge is -2.30. The molecule has 3 heterocycles. The van der Waals surface area contributed by atoms with Crippen molar-refractivity contribution in [2.75, 3.05) is 45.9 Å². The average Bonchev–Trinajstić information content (AvgIpc) is 3.33. The molecule has 29 heavy (non-hydrogen) atoms. The maximum Gasteiger partial charge on any atom is 0.346 e. The number of nitrogens with one attached hydrogen (secondary N) is 2. The van der Waals surface area contributed by atoms with Crippen molar-refractivity contribution in [1.82, 2.24) is 15.0 Å². The fraction of sp³-hybridized carbons (Fsp3) is 0.500. The highest BCUT2D eigenvalue weighted by Crippen LogP contribution is 2.20. The molecule has 1 atom stereocenters. The van der Waals surface area contributed by atoms with Crippen LogP contribution in [-0.4, -0.2) is 66.8 Å². The highest BCUT2D eigenvalue weighted by atomic mass is 16.5. The molecule has 1 aliphatic heterocycles. The van der Waals surface area contributed by atoms with E-state index < -0.39 is 0 Å². The number of carbonyl (C=O) groups is 1. The molecule has 1 saturated heterocycles. The minimum atomic E-state index is 0.0859. The SMILES string of the molecule is O=C(c1ccc(-[n+]2ccc[nH]2)nc1)N(CC[NH+]1CCOCC1)C[C@H]1CC=CCC1. The van der Waals surface area contributed by atoms with Crippen molar-refractivity contribution in [3.63, 3.8) is 0 Å². The molecule has 0 aromatic carbocycles. The fourth-order valence-corrected chi connectivity index (χ4v) is 4.09. The number of H-pyrrole nitrogens is 1. The van der Waals surface area contributed by atoms with E-state index in [2.05, 4.69) is 22.2 Å². The van der Waals surface area contributed by atoms with Gasteiger partial charge in [0.15, 0.2) is 6.20 Å². The van der Waals surface area contributed by atoms with Gasteiger partial charge in [-0.25, -0.2) is 5.10 Å². The fourth-order valence-electron chi connectivity index (χ4n) is 4.09. The third kappa shape index (κ3) is 5.31. The van der Waals surface area contributed by atoms with Crippen LogP contribution in [0.5, 0.6) is 0 Å². The standard InChI is InChI=1S/C22H29N5O2/c28-22(20-7-8-21(23-17-20)27-10-4-9-24-27)26(18-19-5-2-1-3-6-19)12-11-25-13-15-29-16-14-25/h1-2,4,7-10,17,19H,3,5-6,11-16,18H2/p+2/t19-/m0/s1. The monoisotopic (exact) mass is 397 g/mol. The topological polar surface area (TPSA) is 66.5 Å². The van der Waals surface area contributed by atoms with Crippen molar-refractivity contribution in [3.8, 4) is 5.82 Å². The summed E-state index contributed by atoms with van der Waals surface area (Å²) in [5.74, 6) is 1.40. The van der Waals surface area contributed by atoms with E-state index in [-0.39, 0.29) is 5.91 Å². The molecular weight excluding hydrogens is 366 g/mol. The number of quaternary nitrogens is 1. The Kier molecular flexibility index (Phi) is 6.69. The molecule has 0 saturated carbocycles. The number of aromatic amines is 1. The summed E-state index contributed by atoms with van der Waals surface area (Å²) in [7, 11) is 0. The third-order valence-corrected chi connectivity index (χ3v) is 5.87. The van der Waals surface area contributed by atoms with E-state index in [1.807, 2.05) is 40.2 Å². The number of allylic oxidation sites excluding steroid dienone is 2. The first-order chi connectivity index (χ1) is 14.3. The van der Waals surface area contributed by atoms with Gasteiger partial charge in [0.05, 0.1) is 31.9 Å². The van der Waals surface area contributed by atoms with E-state index in [0.717, 1.165) is 71.0 Å². The minimum Gasteiger partial charge on any atom is -0.370 e. The number of pyridine rings is 1. The molecule has 0 bridgehead atoms. The molecule has 2 aromatic heterocycles. The van der Waals surface area contributed by atoms with Gasteiger partial charge in [-0.1, -0.05) is 12.2 Å². The Balaban J connectivity index is 1.44. The summed E-state index contributed by atoms with van der Waals surface area (Å²) in [6.07, 6.45) is 13.3. The van der Waals surface area contributed by atoms with Crippen molar-refractivity contribution in [1.29, 1.82) is 0 Å². The minimum absolute atomic E-state index is 0.0859. The van der Waals surface area contributed by atoms with Gasteiger partial charge < -0.3 is 14.5 Å². The summed E-state index contributed by atoms with van der Waals surface area (Å²) < 4.78 is 7.29. The van der Waals surface area contributed by atoms with E-state index in [4.69, 9.17) is 4.74 Å². The highest BCUT2D eigenvalue weighted by Gasteiger charge is 2.24. The second kappa shape index (κ2) is 9.80. The van der Waals surface area contributed by atoms with E-state index in [0.29, 0.717) is 11.5 Å². The Morgan fingerprint density at radius 3 is 2.90 bits per heavy atom. The van der Waals surface area contributed by atoms with Crippen molar-refractivity contribution in [2.45, 2.75) is 19.3 Å². The first-order valence-corrected chi connectivity index (χ1v) is 10.7. The van der Waals surface area contributed by atoms with Crippen molar-refractivity contribution >= 4 is 5.91 Å². The van der Waals surface area contributed by atoms with Crippen molar-refractivity contribution in [2.24, 2.45) is 5.92 Å². The zero-order chi connectivity index (χ0) is 19.9. The molecule has 0 unspecified atom stereocenters. The van der Waals surface area contributed by atoms with Gasteiger partial charge in [0.2, 0.25) is 0 Å². The maximum absolute atomic E-state index is 13.3. The summed E-state index contributed by atoms with van der Waals surface area (Å²) >= 11 is 0. The number of hydrogen-bond donors (Lipinski definition) is 2. The smallest absolute Gasteiger partial charge is 0.346 e. The van der Waals surface area contributed by atoms with Gasteiger partial charge in [0.25, 0.3) is 5.91 Å². The molecule has 154 valence electrons. The van der Waals surface area contributed by atoms with Crippen LogP contribution in [0.1, 0.15) is 29.6 Å². The van der Waals surface area contributed by atoms with E-state index >= 15 is 0 Å². The summed E-state index contributed by atoms with van der Waals surface area (Å²) in [5, 5.41) is 3.08. The quantitative estimate of drug-likeness (QED) is 0.525. The Morgan fingerprint density at radius 2 is 2.21 bits per heavy atom. The number of hydrogen-bond acceptors (Lipinski definition) is 3. The number of ether oxygens (including phenoxy) is 1. The van der Waals surface area contributed by atoms with Crippen LogP contribution in [0.3, 0.4) is 0 Å². The summed E-state index contributed by atoms with van der Waals surface area (Å²) in [4.78, 5) is 21.3. The zero-order valence-corrected chi connectivity index (χ0v) is 16.9. The molecule has 1 amide bonds. The molecule has 7 heteroatoms. The predicted molar refractivity (Wildman–Crippen MR) is 109 cm³/mol. The van der Waals surface area contributed by atoms with Gasteiger partial charge in [-0.3, -0.25) is 4.79 Å². The maximum atomic E-state index is 13.3.